The molecule has 0 aliphatic heterocycles. The quantitative estimate of drug-likeness (QED) is 0.785. The summed E-state index contributed by atoms with van der Waals surface area (Å²) in [6.07, 6.45) is 1.68. The maximum absolute atomic E-state index is 6.16. The van der Waals surface area contributed by atoms with Crippen molar-refractivity contribution in [2.75, 3.05) is 0 Å². The highest BCUT2D eigenvalue weighted by Gasteiger charge is 2.15. The monoisotopic (exact) mass is 286 g/mol. The van der Waals surface area contributed by atoms with Crippen LogP contribution in [0.5, 0.6) is 0 Å². The molecule has 0 bridgehead atoms. The third-order valence-electron chi connectivity index (χ3n) is 3.29. The van der Waals surface area contributed by atoms with Gasteiger partial charge in [0.05, 0.1) is 11.1 Å². The highest BCUT2D eigenvalue weighted by molar-refractivity contribution is 6.34. The van der Waals surface area contributed by atoms with Crippen molar-refractivity contribution in [3.63, 3.8) is 0 Å². The summed E-state index contributed by atoms with van der Waals surface area (Å²) in [5.41, 5.74) is 8.78. The van der Waals surface area contributed by atoms with Crippen LogP contribution in [0.3, 0.4) is 0 Å². The fourth-order valence-electron chi connectivity index (χ4n) is 2.18. The molecule has 3 aromatic rings. The molecule has 0 spiro atoms. The SMILES string of the molecule is NC(CCc1ccccc1)c1nc2cccc(Cl)c2o1. The maximum Gasteiger partial charge on any atom is 0.212 e. The lowest BCUT2D eigenvalue weighted by Gasteiger charge is -2.07. The molecule has 102 valence electrons. The van der Waals surface area contributed by atoms with E-state index in [9.17, 15) is 0 Å². The Morgan fingerprint density at radius 2 is 1.90 bits per heavy atom. The number of benzene rings is 2. The average molecular weight is 287 g/mol. The molecule has 20 heavy (non-hydrogen) atoms. The average Bonchev–Trinajstić information content (AvgIpc) is 2.91. The third kappa shape index (κ3) is 2.69. The molecule has 0 aliphatic rings. The second-order valence-corrected chi connectivity index (χ2v) is 5.18. The standard InChI is InChI=1S/C16H15ClN2O/c17-12-7-4-8-14-15(12)20-16(19-14)13(18)10-9-11-5-2-1-3-6-11/h1-8,13H,9-10,18H2. The first kappa shape index (κ1) is 13.2. The number of oxazole rings is 1. The Bertz CT molecular complexity index is 709. The van der Waals surface area contributed by atoms with Crippen LogP contribution in [0.2, 0.25) is 5.02 Å². The van der Waals surface area contributed by atoms with Crippen molar-refractivity contribution < 1.29 is 4.42 Å². The van der Waals surface area contributed by atoms with Crippen LogP contribution < -0.4 is 5.73 Å². The lowest BCUT2D eigenvalue weighted by Crippen LogP contribution is -2.11. The van der Waals surface area contributed by atoms with E-state index >= 15 is 0 Å². The van der Waals surface area contributed by atoms with E-state index in [1.54, 1.807) is 6.07 Å². The zero-order chi connectivity index (χ0) is 13.9. The van der Waals surface area contributed by atoms with Gasteiger partial charge in [-0.05, 0) is 30.5 Å². The lowest BCUT2D eigenvalue weighted by molar-refractivity contribution is 0.459. The molecule has 0 amide bonds. The lowest BCUT2D eigenvalue weighted by atomic mass is 10.1. The molecule has 0 aliphatic carbocycles. The van der Waals surface area contributed by atoms with Crippen LogP contribution in [0.15, 0.2) is 52.9 Å². The minimum atomic E-state index is -0.223. The molecule has 3 rings (SSSR count). The normalized spacial score (nSPS) is 12.7. The van der Waals surface area contributed by atoms with E-state index in [0.29, 0.717) is 16.5 Å². The van der Waals surface area contributed by atoms with Gasteiger partial charge in [0, 0.05) is 0 Å². The second kappa shape index (κ2) is 5.65. The molecular formula is C16H15ClN2O. The minimum Gasteiger partial charge on any atom is -0.437 e. The van der Waals surface area contributed by atoms with Gasteiger partial charge in [-0.25, -0.2) is 4.98 Å². The molecule has 1 atom stereocenters. The number of nitrogens with zero attached hydrogens (tertiary/aromatic N) is 1. The molecule has 1 aromatic heterocycles. The number of hydrogen-bond donors (Lipinski definition) is 1. The van der Waals surface area contributed by atoms with E-state index in [2.05, 4.69) is 17.1 Å². The summed E-state index contributed by atoms with van der Waals surface area (Å²) >= 11 is 6.07. The predicted octanol–water partition coefficient (Wildman–Crippen LogP) is 4.11. The summed E-state index contributed by atoms with van der Waals surface area (Å²) in [7, 11) is 0. The summed E-state index contributed by atoms with van der Waals surface area (Å²) in [5.74, 6) is 0.545. The maximum atomic E-state index is 6.16. The van der Waals surface area contributed by atoms with Crippen LogP contribution in [0.25, 0.3) is 11.1 Å². The highest BCUT2D eigenvalue weighted by atomic mass is 35.5. The first-order valence-corrected chi connectivity index (χ1v) is 6.96. The summed E-state index contributed by atoms with van der Waals surface area (Å²) in [5, 5.41) is 0.566. The van der Waals surface area contributed by atoms with Crippen molar-refractivity contribution in [3.8, 4) is 0 Å². The van der Waals surface area contributed by atoms with Crippen LogP contribution in [-0.2, 0) is 6.42 Å². The predicted molar refractivity (Wildman–Crippen MR) is 80.7 cm³/mol. The molecule has 0 radical (unpaired) electrons. The smallest absolute Gasteiger partial charge is 0.212 e. The van der Waals surface area contributed by atoms with Crippen LogP contribution in [0.1, 0.15) is 23.9 Å². The van der Waals surface area contributed by atoms with E-state index in [1.807, 2.05) is 30.3 Å². The number of aromatic nitrogens is 1. The first-order valence-electron chi connectivity index (χ1n) is 6.58. The Hall–Kier alpha value is -1.84. The molecule has 2 aromatic carbocycles. The van der Waals surface area contributed by atoms with Gasteiger partial charge in [-0.15, -0.1) is 0 Å². The van der Waals surface area contributed by atoms with Crippen molar-refractivity contribution >= 4 is 22.7 Å². The Kier molecular flexibility index (Phi) is 3.72. The van der Waals surface area contributed by atoms with Crippen LogP contribution in [0, 0.1) is 0 Å². The Labute approximate surface area is 122 Å². The summed E-state index contributed by atoms with van der Waals surface area (Å²) in [6, 6.07) is 15.5. The minimum absolute atomic E-state index is 0.223. The van der Waals surface area contributed by atoms with Crippen molar-refractivity contribution in [3.05, 3.63) is 65.0 Å². The zero-order valence-corrected chi connectivity index (χ0v) is 11.7. The van der Waals surface area contributed by atoms with Gasteiger partial charge in [0.25, 0.3) is 0 Å². The van der Waals surface area contributed by atoms with Gasteiger partial charge in [0.2, 0.25) is 5.89 Å². The highest BCUT2D eigenvalue weighted by Crippen LogP contribution is 2.27. The van der Waals surface area contributed by atoms with Crippen molar-refractivity contribution in [2.45, 2.75) is 18.9 Å². The van der Waals surface area contributed by atoms with Gasteiger partial charge < -0.3 is 10.2 Å². The number of para-hydroxylation sites is 1. The third-order valence-corrected chi connectivity index (χ3v) is 3.59. The molecule has 1 unspecified atom stereocenters. The van der Waals surface area contributed by atoms with Gasteiger partial charge in [-0.2, -0.15) is 0 Å². The van der Waals surface area contributed by atoms with Gasteiger partial charge in [-0.1, -0.05) is 48.0 Å². The number of nitrogens with two attached hydrogens (primary N) is 1. The molecule has 3 nitrogen and oxygen atoms in total. The van der Waals surface area contributed by atoms with Crippen LogP contribution in [0.4, 0.5) is 0 Å². The zero-order valence-electron chi connectivity index (χ0n) is 10.9. The number of hydrogen-bond acceptors (Lipinski definition) is 3. The molecule has 1 heterocycles. The Morgan fingerprint density at radius 1 is 1.10 bits per heavy atom. The van der Waals surface area contributed by atoms with Gasteiger partial charge >= 0.3 is 0 Å². The van der Waals surface area contributed by atoms with Crippen molar-refractivity contribution in [2.24, 2.45) is 5.73 Å². The molecular weight excluding hydrogens is 272 g/mol. The summed E-state index contributed by atoms with van der Waals surface area (Å²) in [4.78, 5) is 4.41. The summed E-state index contributed by atoms with van der Waals surface area (Å²) in [6.45, 7) is 0. The van der Waals surface area contributed by atoms with E-state index < -0.39 is 0 Å². The van der Waals surface area contributed by atoms with E-state index in [0.717, 1.165) is 18.4 Å². The Balaban J connectivity index is 1.75. The summed E-state index contributed by atoms with van der Waals surface area (Å²) < 4.78 is 5.68. The van der Waals surface area contributed by atoms with E-state index in [4.69, 9.17) is 21.8 Å². The number of aryl methyl sites for hydroxylation is 1. The largest absolute Gasteiger partial charge is 0.437 e. The molecule has 2 N–H and O–H groups in total. The van der Waals surface area contributed by atoms with E-state index in [-0.39, 0.29) is 6.04 Å². The number of halogens is 1. The molecule has 4 heteroatoms. The topological polar surface area (TPSA) is 52.0 Å². The van der Waals surface area contributed by atoms with E-state index in [1.165, 1.54) is 5.56 Å². The number of fused-ring (bicyclic) bond motifs is 1. The van der Waals surface area contributed by atoms with Crippen LogP contribution in [-0.4, -0.2) is 4.98 Å². The van der Waals surface area contributed by atoms with Gasteiger partial charge in [0.1, 0.15) is 5.52 Å². The van der Waals surface area contributed by atoms with Crippen LogP contribution >= 0.6 is 11.6 Å². The number of rotatable bonds is 4. The van der Waals surface area contributed by atoms with Crippen molar-refractivity contribution in [1.82, 2.24) is 4.98 Å². The first-order chi connectivity index (χ1) is 9.74. The Morgan fingerprint density at radius 3 is 2.65 bits per heavy atom. The van der Waals surface area contributed by atoms with Gasteiger partial charge in [-0.3, -0.25) is 0 Å². The van der Waals surface area contributed by atoms with Crippen molar-refractivity contribution in [1.29, 1.82) is 0 Å². The van der Waals surface area contributed by atoms with Gasteiger partial charge in [0.15, 0.2) is 5.58 Å². The fourth-order valence-corrected chi connectivity index (χ4v) is 2.39. The molecule has 0 fully saturated rings. The molecule has 0 saturated heterocycles. The second-order valence-electron chi connectivity index (χ2n) is 4.77. The molecule has 0 saturated carbocycles. The fraction of sp³-hybridized carbons (Fsp3) is 0.188.